The first-order valence-electron chi connectivity index (χ1n) is 6.06. The van der Waals surface area contributed by atoms with E-state index in [0.717, 1.165) is 5.56 Å². The summed E-state index contributed by atoms with van der Waals surface area (Å²) < 4.78 is 10.7. The molecule has 5 nitrogen and oxygen atoms in total. The van der Waals surface area contributed by atoms with Crippen LogP contribution in [0.1, 0.15) is 15.9 Å². The van der Waals surface area contributed by atoms with E-state index in [1.807, 2.05) is 18.2 Å². The van der Waals surface area contributed by atoms with Crippen molar-refractivity contribution in [3.8, 4) is 11.5 Å². The number of amides is 1. The lowest BCUT2D eigenvalue weighted by atomic mass is 10.1. The molecule has 20 heavy (non-hydrogen) atoms. The number of carbonyl (C=O) groups excluding carboxylic acids is 1. The third-order valence-electron chi connectivity index (χ3n) is 2.89. The maximum atomic E-state index is 11.4. The third-order valence-corrected chi connectivity index (χ3v) is 2.89. The van der Waals surface area contributed by atoms with Gasteiger partial charge < -0.3 is 20.9 Å². The highest BCUT2D eigenvalue weighted by Gasteiger charge is 2.11. The van der Waals surface area contributed by atoms with Crippen LogP contribution in [-0.4, -0.2) is 13.0 Å². The van der Waals surface area contributed by atoms with Gasteiger partial charge >= 0.3 is 0 Å². The summed E-state index contributed by atoms with van der Waals surface area (Å²) in [6, 6.07) is 12.3. The summed E-state index contributed by atoms with van der Waals surface area (Å²) in [5.41, 5.74) is 12.9. The van der Waals surface area contributed by atoms with Crippen molar-refractivity contribution in [1.82, 2.24) is 0 Å². The SMILES string of the molecule is COc1ccc(OCc2ccccc2N)c(C(N)=O)c1. The van der Waals surface area contributed by atoms with E-state index in [4.69, 9.17) is 20.9 Å². The first-order chi connectivity index (χ1) is 9.61. The largest absolute Gasteiger partial charge is 0.497 e. The molecular formula is C15H16N2O3. The van der Waals surface area contributed by atoms with Crippen molar-refractivity contribution in [2.45, 2.75) is 6.61 Å². The average Bonchev–Trinajstić information content (AvgIpc) is 2.46. The first-order valence-corrected chi connectivity index (χ1v) is 6.06. The smallest absolute Gasteiger partial charge is 0.252 e. The second kappa shape index (κ2) is 5.97. The van der Waals surface area contributed by atoms with Gasteiger partial charge in [0.2, 0.25) is 0 Å². The van der Waals surface area contributed by atoms with Crippen LogP contribution in [0.3, 0.4) is 0 Å². The number of para-hydroxylation sites is 1. The summed E-state index contributed by atoms with van der Waals surface area (Å²) in [5, 5.41) is 0. The van der Waals surface area contributed by atoms with Crippen molar-refractivity contribution >= 4 is 11.6 Å². The number of hydrogen-bond acceptors (Lipinski definition) is 4. The van der Waals surface area contributed by atoms with E-state index in [1.54, 1.807) is 24.3 Å². The number of anilines is 1. The van der Waals surface area contributed by atoms with Crippen LogP contribution in [-0.2, 0) is 6.61 Å². The number of nitrogens with two attached hydrogens (primary N) is 2. The molecule has 104 valence electrons. The minimum Gasteiger partial charge on any atom is -0.497 e. The number of methoxy groups -OCH3 is 1. The number of primary amides is 1. The van der Waals surface area contributed by atoms with Crippen molar-refractivity contribution in [2.75, 3.05) is 12.8 Å². The van der Waals surface area contributed by atoms with Crippen LogP contribution in [0.2, 0.25) is 0 Å². The van der Waals surface area contributed by atoms with Crippen molar-refractivity contribution in [2.24, 2.45) is 5.73 Å². The van der Waals surface area contributed by atoms with E-state index >= 15 is 0 Å². The Morgan fingerprint density at radius 3 is 2.60 bits per heavy atom. The lowest BCUT2D eigenvalue weighted by molar-refractivity contribution is 0.0995. The fraction of sp³-hybridized carbons (Fsp3) is 0.133. The third kappa shape index (κ3) is 3.00. The van der Waals surface area contributed by atoms with Gasteiger partial charge in [-0.3, -0.25) is 4.79 Å². The summed E-state index contributed by atoms with van der Waals surface area (Å²) in [6.45, 7) is 0.263. The lowest BCUT2D eigenvalue weighted by Gasteiger charge is -2.12. The molecule has 2 aromatic rings. The number of ether oxygens (including phenoxy) is 2. The zero-order valence-electron chi connectivity index (χ0n) is 11.1. The molecule has 0 saturated carbocycles. The van der Waals surface area contributed by atoms with Crippen LogP contribution >= 0.6 is 0 Å². The molecule has 0 fully saturated rings. The highest BCUT2D eigenvalue weighted by Crippen LogP contribution is 2.25. The van der Waals surface area contributed by atoms with Crippen LogP contribution in [0, 0.1) is 0 Å². The molecule has 0 aliphatic heterocycles. The molecule has 5 heteroatoms. The van der Waals surface area contributed by atoms with Crippen molar-refractivity contribution in [1.29, 1.82) is 0 Å². The molecule has 0 heterocycles. The van der Waals surface area contributed by atoms with Gasteiger partial charge in [0.15, 0.2) is 0 Å². The van der Waals surface area contributed by atoms with Crippen molar-refractivity contribution < 1.29 is 14.3 Å². The summed E-state index contributed by atoms with van der Waals surface area (Å²) in [7, 11) is 1.52. The molecule has 1 amide bonds. The van der Waals surface area contributed by atoms with Gasteiger partial charge in [-0.25, -0.2) is 0 Å². The second-order valence-electron chi connectivity index (χ2n) is 4.21. The number of rotatable bonds is 5. The molecule has 0 bridgehead atoms. The quantitative estimate of drug-likeness (QED) is 0.814. The fourth-order valence-electron chi connectivity index (χ4n) is 1.78. The van der Waals surface area contributed by atoms with Crippen molar-refractivity contribution in [3.05, 3.63) is 53.6 Å². The molecule has 0 atom stereocenters. The molecule has 0 aromatic heterocycles. The Morgan fingerprint density at radius 1 is 1.20 bits per heavy atom. The monoisotopic (exact) mass is 272 g/mol. The molecule has 2 aromatic carbocycles. The molecule has 2 rings (SSSR count). The van der Waals surface area contributed by atoms with Gasteiger partial charge in [0, 0.05) is 11.3 Å². The number of benzene rings is 2. The summed E-state index contributed by atoms with van der Waals surface area (Å²) in [5.74, 6) is 0.381. The Bertz CT molecular complexity index is 626. The van der Waals surface area contributed by atoms with Gasteiger partial charge in [0.1, 0.15) is 18.1 Å². The zero-order chi connectivity index (χ0) is 14.5. The Labute approximate surface area is 117 Å². The topological polar surface area (TPSA) is 87.6 Å². The highest BCUT2D eigenvalue weighted by atomic mass is 16.5. The van der Waals surface area contributed by atoms with Crippen molar-refractivity contribution in [3.63, 3.8) is 0 Å². The number of hydrogen-bond donors (Lipinski definition) is 2. The van der Waals surface area contributed by atoms with Gasteiger partial charge in [-0.1, -0.05) is 18.2 Å². The van der Waals surface area contributed by atoms with E-state index in [2.05, 4.69) is 0 Å². The van der Waals surface area contributed by atoms with E-state index < -0.39 is 5.91 Å². The maximum Gasteiger partial charge on any atom is 0.252 e. The van der Waals surface area contributed by atoms with Crippen LogP contribution in [0.4, 0.5) is 5.69 Å². The average molecular weight is 272 g/mol. The zero-order valence-corrected chi connectivity index (χ0v) is 11.1. The number of carbonyl (C=O) groups is 1. The Balaban J connectivity index is 2.21. The summed E-state index contributed by atoms with van der Waals surface area (Å²) >= 11 is 0. The lowest BCUT2D eigenvalue weighted by Crippen LogP contribution is -2.13. The molecule has 0 unspecified atom stereocenters. The Morgan fingerprint density at radius 2 is 1.95 bits per heavy atom. The molecule has 0 saturated heterocycles. The highest BCUT2D eigenvalue weighted by molar-refractivity contribution is 5.96. The van der Waals surface area contributed by atoms with Crippen LogP contribution in [0.25, 0.3) is 0 Å². The van der Waals surface area contributed by atoms with Crippen LogP contribution in [0.5, 0.6) is 11.5 Å². The fourth-order valence-corrected chi connectivity index (χ4v) is 1.78. The molecule has 0 spiro atoms. The summed E-state index contributed by atoms with van der Waals surface area (Å²) in [4.78, 5) is 11.4. The minimum atomic E-state index is -0.570. The predicted octanol–water partition coefficient (Wildman–Crippen LogP) is 1.96. The van der Waals surface area contributed by atoms with Gasteiger partial charge in [0.25, 0.3) is 5.91 Å². The Kier molecular flexibility index (Phi) is 4.10. The minimum absolute atomic E-state index is 0.263. The maximum absolute atomic E-state index is 11.4. The van der Waals surface area contributed by atoms with Crippen LogP contribution in [0.15, 0.2) is 42.5 Å². The van der Waals surface area contributed by atoms with Gasteiger partial charge in [-0.2, -0.15) is 0 Å². The first kappa shape index (κ1) is 13.7. The van der Waals surface area contributed by atoms with Gasteiger partial charge in [0.05, 0.1) is 12.7 Å². The summed E-state index contributed by atoms with van der Waals surface area (Å²) in [6.07, 6.45) is 0. The van der Waals surface area contributed by atoms with Crippen LogP contribution < -0.4 is 20.9 Å². The van der Waals surface area contributed by atoms with E-state index in [1.165, 1.54) is 7.11 Å². The standard InChI is InChI=1S/C15H16N2O3/c1-19-11-6-7-14(12(8-11)15(17)18)20-9-10-4-2-3-5-13(10)16/h2-8H,9,16H2,1H3,(H2,17,18). The Hall–Kier alpha value is -2.69. The van der Waals surface area contributed by atoms with E-state index in [9.17, 15) is 4.79 Å². The van der Waals surface area contributed by atoms with Gasteiger partial charge in [-0.15, -0.1) is 0 Å². The normalized spacial score (nSPS) is 10.1. The molecule has 0 radical (unpaired) electrons. The molecule has 0 aliphatic carbocycles. The predicted molar refractivity (Wildman–Crippen MR) is 76.7 cm³/mol. The van der Waals surface area contributed by atoms with Gasteiger partial charge in [-0.05, 0) is 24.3 Å². The van der Waals surface area contributed by atoms with E-state index in [-0.39, 0.29) is 12.2 Å². The molecule has 0 aliphatic rings. The second-order valence-corrected chi connectivity index (χ2v) is 4.21. The number of nitrogen functional groups attached to an aromatic ring is 1. The molecular weight excluding hydrogens is 256 g/mol. The van der Waals surface area contributed by atoms with E-state index in [0.29, 0.717) is 17.2 Å². The molecule has 4 N–H and O–H groups in total.